The number of rotatable bonds is 8. The number of nitrogens with zero attached hydrogens (tertiary/aromatic N) is 3. The van der Waals surface area contributed by atoms with Gasteiger partial charge in [-0.15, -0.1) is 0 Å². The summed E-state index contributed by atoms with van der Waals surface area (Å²) in [6.07, 6.45) is 2.31. The van der Waals surface area contributed by atoms with E-state index in [4.69, 9.17) is 32.9 Å². The Morgan fingerprint density at radius 1 is 1.03 bits per heavy atom. The van der Waals surface area contributed by atoms with Crippen molar-refractivity contribution in [1.82, 2.24) is 9.55 Å². The molecule has 35 heavy (non-hydrogen) atoms. The standard InChI is InChI=1S/C28H27Cl2N3O2/c1-19-16-23(12-13-24(19)30)35-15-5-4-14-32-26-7-3-2-6-25(26)31-28(32)20-17-27(34)33(18-20)22-10-8-21(29)9-11-22/h2-3,6-13,16,20H,4-5,14-15,17-18H2,1H3. The molecule has 0 N–H and O–H groups in total. The van der Waals surface area contributed by atoms with E-state index in [0.717, 1.165) is 58.3 Å². The molecule has 0 radical (unpaired) electrons. The molecule has 1 atom stereocenters. The Bertz CT molecular complexity index is 1350. The van der Waals surface area contributed by atoms with Gasteiger partial charge in [-0.3, -0.25) is 4.79 Å². The van der Waals surface area contributed by atoms with Gasteiger partial charge in [-0.25, -0.2) is 4.98 Å². The summed E-state index contributed by atoms with van der Waals surface area (Å²) in [6, 6.07) is 21.4. The van der Waals surface area contributed by atoms with Crippen LogP contribution in [-0.4, -0.2) is 28.6 Å². The topological polar surface area (TPSA) is 47.4 Å². The molecule has 1 aromatic heterocycles. The van der Waals surface area contributed by atoms with Crippen LogP contribution in [0.15, 0.2) is 66.7 Å². The van der Waals surface area contributed by atoms with Crippen LogP contribution in [-0.2, 0) is 11.3 Å². The number of ether oxygens (including phenoxy) is 1. The second-order valence-corrected chi connectivity index (χ2v) is 9.80. The van der Waals surface area contributed by atoms with Crippen molar-refractivity contribution in [3.8, 4) is 5.75 Å². The molecule has 180 valence electrons. The Morgan fingerprint density at radius 3 is 2.63 bits per heavy atom. The number of unbranched alkanes of at least 4 members (excludes halogenated alkanes) is 1. The van der Waals surface area contributed by atoms with Gasteiger partial charge in [-0.1, -0.05) is 35.3 Å². The highest BCUT2D eigenvalue weighted by Gasteiger charge is 2.34. The number of aryl methyl sites for hydroxylation is 2. The smallest absolute Gasteiger partial charge is 0.227 e. The van der Waals surface area contributed by atoms with Gasteiger partial charge in [0.2, 0.25) is 5.91 Å². The van der Waals surface area contributed by atoms with Crippen LogP contribution in [0.25, 0.3) is 11.0 Å². The van der Waals surface area contributed by atoms with E-state index in [0.29, 0.717) is 24.6 Å². The minimum atomic E-state index is 0.0406. The highest BCUT2D eigenvalue weighted by Crippen LogP contribution is 2.34. The summed E-state index contributed by atoms with van der Waals surface area (Å²) in [5, 5.41) is 1.41. The van der Waals surface area contributed by atoms with Crippen molar-refractivity contribution >= 4 is 45.8 Å². The number of anilines is 1. The number of fused-ring (bicyclic) bond motifs is 1. The van der Waals surface area contributed by atoms with Crippen molar-refractivity contribution in [1.29, 1.82) is 0 Å². The van der Waals surface area contributed by atoms with E-state index < -0.39 is 0 Å². The maximum atomic E-state index is 12.9. The summed E-state index contributed by atoms with van der Waals surface area (Å²) in [6.45, 7) is 4.05. The van der Waals surface area contributed by atoms with Gasteiger partial charge in [0.05, 0.1) is 17.6 Å². The Hall–Kier alpha value is -3.02. The molecule has 1 saturated heterocycles. The fourth-order valence-electron chi connectivity index (χ4n) is 4.66. The largest absolute Gasteiger partial charge is 0.494 e. The van der Waals surface area contributed by atoms with Crippen molar-refractivity contribution in [2.75, 3.05) is 18.1 Å². The molecule has 4 aromatic rings. The number of aromatic nitrogens is 2. The lowest BCUT2D eigenvalue weighted by atomic mass is 10.1. The zero-order valence-corrected chi connectivity index (χ0v) is 21.1. The van der Waals surface area contributed by atoms with Crippen LogP contribution in [0, 0.1) is 6.92 Å². The fourth-order valence-corrected chi connectivity index (χ4v) is 4.90. The van der Waals surface area contributed by atoms with Gasteiger partial charge in [0.15, 0.2) is 0 Å². The van der Waals surface area contributed by atoms with Gasteiger partial charge in [0.25, 0.3) is 0 Å². The maximum absolute atomic E-state index is 12.9. The molecule has 0 saturated carbocycles. The molecular weight excluding hydrogens is 481 g/mol. The van der Waals surface area contributed by atoms with E-state index in [-0.39, 0.29) is 11.8 Å². The number of hydrogen-bond donors (Lipinski definition) is 0. The first-order valence-corrected chi connectivity index (χ1v) is 12.7. The molecule has 2 heterocycles. The van der Waals surface area contributed by atoms with Gasteiger partial charge in [0, 0.05) is 41.2 Å². The van der Waals surface area contributed by atoms with E-state index in [1.54, 1.807) is 0 Å². The van der Waals surface area contributed by atoms with Crippen molar-refractivity contribution in [3.05, 3.63) is 88.2 Å². The summed E-state index contributed by atoms with van der Waals surface area (Å²) in [5.41, 5.74) is 3.96. The highest BCUT2D eigenvalue weighted by atomic mass is 35.5. The quantitative estimate of drug-likeness (QED) is 0.240. The first-order valence-electron chi connectivity index (χ1n) is 11.9. The number of carbonyl (C=O) groups excluding carboxylic acids is 1. The van der Waals surface area contributed by atoms with E-state index in [2.05, 4.69) is 10.6 Å². The van der Waals surface area contributed by atoms with E-state index in [1.807, 2.05) is 72.5 Å². The first-order chi connectivity index (χ1) is 17.0. The van der Waals surface area contributed by atoms with Crippen LogP contribution in [0.4, 0.5) is 5.69 Å². The Kier molecular flexibility index (Phi) is 6.98. The number of para-hydroxylation sites is 2. The summed E-state index contributed by atoms with van der Waals surface area (Å²) in [5.74, 6) is 1.97. The molecule has 1 fully saturated rings. The molecular formula is C28H27Cl2N3O2. The van der Waals surface area contributed by atoms with Crippen LogP contribution in [0.5, 0.6) is 5.75 Å². The van der Waals surface area contributed by atoms with E-state index in [9.17, 15) is 4.79 Å². The van der Waals surface area contributed by atoms with Crippen molar-refractivity contribution in [2.24, 2.45) is 0 Å². The molecule has 5 rings (SSSR count). The third-order valence-corrected chi connectivity index (χ3v) is 7.16. The Labute approximate surface area is 215 Å². The zero-order valence-electron chi connectivity index (χ0n) is 19.6. The molecule has 0 bridgehead atoms. The number of amides is 1. The fraction of sp³-hybridized carbons (Fsp3) is 0.286. The van der Waals surface area contributed by atoms with Crippen LogP contribution in [0.2, 0.25) is 10.0 Å². The van der Waals surface area contributed by atoms with E-state index in [1.165, 1.54) is 0 Å². The maximum Gasteiger partial charge on any atom is 0.227 e. The molecule has 3 aromatic carbocycles. The van der Waals surface area contributed by atoms with Crippen LogP contribution in [0.1, 0.15) is 36.6 Å². The van der Waals surface area contributed by atoms with Gasteiger partial charge >= 0.3 is 0 Å². The van der Waals surface area contributed by atoms with Crippen molar-refractivity contribution < 1.29 is 9.53 Å². The molecule has 1 amide bonds. The van der Waals surface area contributed by atoms with Crippen LogP contribution >= 0.6 is 23.2 Å². The third-order valence-electron chi connectivity index (χ3n) is 6.49. The molecule has 5 nitrogen and oxygen atoms in total. The van der Waals surface area contributed by atoms with E-state index >= 15 is 0 Å². The number of halogens is 2. The van der Waals surface area contributed by atoms with Gasteiger partial charge in [0.1, 0.15) is 11.6 Å². The second kappa shape index (κ2) is 10.3. The number of benzene rings is 3. The number of imidazole rings is 1. The van der Waals surface area contributed by atoms with Crippen molar-refractivity contribution in [3.63, 3.8) is 0 Å². The Morgan fingerprint density at radius 2 is 1.83 bits per heavy atom. The van der Waals surface area contributed by atoms with Crippen LogP contribution < -0.4 is 9.64 Å². The lowest BCUT2D eigenvalue weighted by Gasteiger charge is -2.17. The van der Waals surface area contributed by atoms with Gasteiger partial charge in [-0.2, -0.15) is 0 Å². The van der Waals surface area contributed by atoms with Crippen molar-refractivity contribution in [2.45, 2.75) is 38.6 Å². The van der Waals surface area contributed by atoms with Gasteiger partial charge < -0.3 is 14.2 Å². The molecule has 1 aliphatic rings. The number of hydrogen-bond acceptors (Lipinski definition) is 3. The summed E-state index contributed by atoms with van der Waals surface area (Å²) in [7, 11) is 0. The predicted octanol–water partition coefficient (Wildman–Crippen LogP) is 7.03. The average Bonchev–Trinajstić information content (AvgIpc) is 3.42. The lowest BCUT2D eigenvalue weighted by Crippen LogP contribution is -2.24. The summed E-state index contributed by atoms with van der Waals surface area (Å²) < 4.78 is 8.20. The minimum absolute atomic E-state index is 0.0406. The predicted molar refractivity (Wildman–Crippen MR) is 142 cm³/mol. The molecule has 0 aliphatic carbocycles. The molecule has 1 unspecified atom stereocenters. The zero-order chi connectivity index (χ0) is 24.4. The SMILES string of the molecule is Cc1cc(OCCCCn2c(C3CC(=O)N(c4ccc(Cl)cc4)C3)nc3ccccc32)ccc1Cl. The average molecular weight is 508 g/mol. The van der Waals surface area contributed by atoms with Crippen LogP contribution in [0.3, 0.4) is 0 Å². The molecule has 0 spiro atoms. The molecule has 7 heteroatoms. The minimum Gasteiger partial charge on any atom is -0.494 e. The summed E-state index contributed by atoms with van der Waals surface area (Å²) in [4.78, 5) is 19.7. The van der Waals surface area contributed by atoms with Gasteiger partial charge in [-0.05, 0) is 79.9 Å². The summed E-state index contributed by atoms with van der Waals surface area (Å²) >= 11 is 12.1. The lowest BCUT2D eigenvalue weighted by molar-refractivity contribution is -0.117. The normalized spacial score (nSPS) is 15.8. The first kappa shape index (κ1) is 23.7. The Balaban J connectivity index is 1.28. The third kappa shape index (κ3) is 5.16. The monoisotopic (exact) mass is 507 g/mol. The molecule has 1 aliphatic heterocycles. The highest BCUT2D eigenvalue weighted by molar-refractivity contribution is 6.31. The number of carbonyl (C=O) groups is 1. The second-order valence-electron chi connectivity index (χ2n) is 8.96.